The minimum absolute atomic E-state index is 0.0115. The lowest BCUT2D eigenvalue weighted by Crippen LogP contribution is -2.37. The summed E-state index contributed by atoms with van der Waals surface area (Å²) in [4.78, 5) is 25.6. The number of carbonyl (C=O) groups excluding carboxylic acids is 1. The zero-order valence-electron chi connectivity index (χ0n) is 16.4. The molecule has 154 valence electrons. The summed E-state index contributed by atoms with van der Waals surface area (Å²) in [6.45, 7) is 3.73. The molecule has 4 rings (SSSR count). The van der Waals surface area contributed by atoms with Crippen molar-refractivity contribution < 1.29 is 22.7 Å². The Kier molecular flexibility index (Phi) is 4.43. The molecule has 1 amide bonds. The second-order valence-electron chi connectivity index (χ2n) is 7.03. The monoisotopic (exact) mass is 426 g/mol. The second kappa shape index (κ2) is 6.74. The quantitative estimate of drug-likeness (QED) is 0.651. The minimum atomic E-state index is -4.04. The van der Waals surface area contributed by atoms with Crippen LogP contribution >= 0.6 is 0 Å². The lowest BCUT2D eigenvalue weighted by Gasteiger charge is -2.28. The van der Waals surface area contributed by atoms with Gasteiger partial charge in [-0.1, -0.05) is 12.1 Å². The molecule has 1 aliphatic heterocycles. The molecule has 0 aliphatic carbocycles. The molecule has 0 saturated heterocycles. The molecule has 0 spiro atoms. The van der Waals surface area contributed by atoms with Crippen molar-refractivity contribution in [3.8, 4) is 0 Å². The number of anilines is 1. The van der Waals surface area contributed by atoms with Crippen LogP contribution in [0.3, 0.4) is 0 Å². The van der Waals surface area contributed by atoms with E-state index in [1.54, 1.807) is 18.2 Å². The average molecular weight is 426 g/mol. The zero-order valence-corrected chi connectivity index (χ0v) is 17.2. The van der Waals surface area contributed by atoms with Gasteiger partial charge in [-0.15, -0.1) is 0 Å². The number of aryl methyl sites for hydroxylation is 2. The number of aliphatic hydroxyl groups excluding tert-OH is 1. The number of rotatable bonds is 2. The third-order valence-electron chi connectivity index (χ3n) is 5.17. The predicted molar refractivity (Wildman–Crippen MR) is 112 cm³/mol. The molecule has 30 heavy (non-hydrogen) atoms. The van der Waals surface area contributed by atoms with Crippen LogP contribution in [0.25, 0.3) is 16.7 Å². The predicted octanol–water partition coefficient (Wildman–Crippen LogP) is 2.91. The van der Waals surface area contributed by atoms with Gasteiger partial charge in [0, 0.05) is 12.6 Å². The number of hydrogen-bond donors (Lipinski definition) is 2. The van der Waals surface area contributed by atoms with Crippen LogP contribution < -0.4 is 10.7 Å². The summed E-state index contributed by atoms with van der Waals surface area (Å²) >= 11 is 0. The van der Waals surface area contributed by atoms with E-state index in [2.05, 4.69) is 5.32 Å². The molecule has 2 heterocycles. The van der Waals surface area contributed by atoms with Crippen molar-refractivity contribution in [3.05, 3.63) is 75.3 Å². The van der Waals surface area contributed by atoms with Crippen molar-refractivity contribution in [1.29, 1.82) is 0 Å². The smallest absolute Gasteiger partial charge is 0.277 e. The number of sulfonamides is 1. The fourth-order valence-electron chi connectivity index (χ4n) is 3.34. The van der Waals surface area contributed by atoms with E-state index in [-0.39, 0.29) is 21.5 Å². The number of nitrogens with zero attached hydrogens (tertiary/aromatic N) is 1. The summed E-state index contributed by atoms with van der Waals surface area (Å²) in [6, 6.07) is 9.20. The molecule has 8 nitrogen and oxygen atoms in total. The van der Waals surface area contributed by atoms with Crippen LogP contribution in [0, 0.1) is 13.8 Å². The molecule has 0 saturated carbocycles. The molecule has 1 aliphatic rings. The Balaban J connectivity index is 1.80. The number of aliphatic hydroxyl groups is 1. The van der Waals surface area contributed by atoms with Crippen molar-refractivity contribution in [2.45, 2.75) is 18.7 Å². The molecule has 1 aromatic heterocycles. The number of amides is 1. The van der Waals surface area contributed by atoms with Gasteiger partial charge in [-0.25, -0.2) is 8.42 Å². The molecule has 2 N–H and O–H groups in total. The Labute approximate surface area is 172 Å². The van der Waals surface area contributed by atoms with Crippen molar-refractivity contribution in [1.82, 2.24) is 4.31 Å². The summed E-state index contributed by atoms with van der Waals surface area (Å²) in [7, 11) is -2.88. The van der Waals surface area contributed by atoms with E-state index in [0.717, 1.165) is 24.4 Å². The second-order valence-corrected chi connectivity index (χ2v) is 8.97. The maximum Gasteiger partial charge on any atom is 0.277 e. The molecule has 3 aromatic rings. The summed E-state index contributed by atoms with van der Waals surface area (Å²) in [6.07, 6.45) is 1.10. The highest BCUT2D eigenvalue weighted by atomic mass is 32.2. The molecule has 0 atom stereocenters. The van der Waals surface area contributed by atoms with Crippen LogP contribution in [0.2, 0.25) is 0 Å². The standard InChI is InChI=1S/C21H18N2O6S/c1-11-8-14-16(9-12(11)2)29-10-15(19(14)24)22-21(26)18-20(25)13-6-4-5-7-17(13)30(27,28)23(18)3/h4-10,25H,1-3H3,(H,22,26). The zero-order chi connectivity index (χ0) is 21.8. The third kappa shape index (κ3) is 2.86. The first-order valence-electron chi connectivity index (χ1n) is 8.98. The SMILES string of the molecule is Cc1cc2occ(NC(=O)C3=C(O)c4ccccc4S(=O)(=O)N3C)c(=O)c2cc1C. The van der Waals surface area contributed by atoms with Gasteiger partial charge in [-0.05, 0) is 49.2 Å². The number of benzene rings is 2. The first kappa shape index (κ1) is 19.7. The third-order valence-corrected chi connectivity index (χ3v) is 6.99. The summed E-state index contributed by atoms with van der Waals surface area (Å²) in [5.74, 6) is -1.46. The lowest BCUT2D eigenvalue weighted by molar-refractivity contribution is -0.113. The number of fused-ring (bicyclic) bond motifs is 2. The normalized spacial score (nSPS) is 15.2. The van der Waals surface area contributed by atoms with Crippen molar-refractivity contribution >= 4 is 38.3 Å². The Bertz CT molecular complexity index is 1420. The van der Waals surface area contributed by atoms with E-state index in [1.165, 1.54) is 18.2 Å². The first-order chi connectivity index (χ1) is 14.1. The molecule has 2 aromatic carbocycles. The number of hydrogen-bond acceptors (Lipinski definition) is 6. The van der Waals surface area contributed by atoms with Crippen LogP contribution in [0.1, 0.15) is 16.7 Å². The Morgan fingerprint density at radius 3 is 2.53 bits per heavy atom. The van der Waals surface area contributed by atoms with Crippen LogP contribution in [-0.2, 0) is 14.8 Å². The van der Waals surface area contributed by atoms with Gasteiger partial charge in [0.05, 0.1) is 10.3 Å². The van der Waals surface area contributed by atoms with Gasteiger partial charge >= 0.3 is 0 Å². The molecule has 0 bridgehead atoms. The molecule has 0 unspecified atom stereocenters. The minimum Gasteiger partial charge on any atom is -0.505 e. The molecular formula is C21H18N2O6S. The van der Waals surface area contributed by atoms with Gasteiger partial charge in [-0.3, -0.25) is 13.9 Å². The fourth-order valence-corrected chi connectivity index (χ4v) is 4.73. The van der Waals surface area contributed by atoms with Crippen molar-refractivity contribution in [2.75, 3.05) is 12.4 Å². The highest BCUT2D eigenvalue weighted by Crippen LogP contribution is 2.34. The topological polar surface area (TPSA) is 117 Å². The van der Waals surface area contributed by atoms with E-state index in [9.17, 15) is 23.1 Å². The maximum absolute atomic E-state index is 12.9. The van der Waals surface area contributed by atoms with Crippen molar-refractivity contribution in [3.63, 3.8) is 0 Å². The number of nitrogens with one attached hydrogen (secondary N) is 1. The highest BCUT2D eigenvalue weighted by Gasteiger charge is 2.37. The van der Waals surface area contributed by atoms with Crippen LogP contribution in [-0.4, -0.2) is 30.8 Å². The van der Waals surface area contributed by atoms with Gasteiger partial charge in [0.1, 0.15) is 17.5 Å². The van der Waals surface area contributed by atoms with Gasteiger partial charge < -0.3 is 14.8 Å². The summed E-state index contributed by atoms with van der Waals surface area (Å²) < 4.78 is 31.7. The molecule has 0 radical (unpaired) electrons. The van der Waals surface area contributed by atoms with E-state index in [4.69, 9.17) is 4.42 Å². The van der Waals surface area contributed by atoms with E-state index >= 15 is 0 Å². The first-order valence-corrected chi connectivity index (χ1v) is 10.4. The molecule has 9 heteroatoms. The van der Waals surface area contributed by atoms with Crippen LogP contribution in [0.4, 0.5) is 5.69 Å². The van der Waals surface area contributed by atoms with E-state index in [0.29, 0.717) is 9.89 Å². The largest absolute Gasteiger partial charge is 0.505 e. The van der Waals surface area contributed by atoms with Crippen molar-refractivity contribution in [2.24, 2.45) is 0 Å². The van der Waals surface area contributed by atoms with Crippen LogP contribution in [0.5, 0.6) is 0 Å². The Morgan fingerprint density at radius 2 is 1.80 bits per heavy atom. The van der Waals surface area contributed by atoms with E-state index < -0.39 is 32.8 Å². The number of carbonyl (C=O) groups is 1. The summed E-state index contributed by atoms with van der Waals surface area (Å²) in [5.41, 5.74) is 1.08. The number of likely N-dealkylation sites (N-methyl/N-ethyl adjacent to an activating group) is 1. The Hall–Kier alpha value is -3.59. The Morgan fingerprint density at radius 1 is 1.13 bits per heavy atom. The fraction of sp³-hybridized carbons (Fsp3) is 0.143. The van der Waals surface area contributed by atoms with Gasteiger partial charge in [-0.2, -0.15) is 0 Å². The lowest BCUT2D eigenvalue weighted by atomic mass is 10.1. The van der Waals surface area contributed by atoms with Gasteiger partial charge in [0.15, 0.2) is 11.5 Å². The van der Waals surface area contributed by atoms with Gasteiger partial charge in [0.2, 0.25) is 5.43 Å². The van der Waals surface area contributed by atoms with E-state index in [1.807, 2.05) is 13.8 Å². The molecule has 0 fully saturated rings. The maximum atomic E-state index is 12.9. The average Bonchev–Trinajstić information content (AvgIpc) is 2.71. The van der Waals surface area contributed by atoms with Crippen LogP contribution in [0.15, 0.2) is 62.5 Å². The van der Waals surface area contributed by atoms with Gasteiger partial charge in [0.25, 0.3) is 15.9 Å². The highest BCUT2D eigenvalue weighted by molar-refractivity contribution is 7.89. The molecular weight excluding hydrogens is 408 g/mol. The summed E-state index contributed by atoms with van der Waals surface area (Å²) in [5, 5.41) is 13.2.